The summed E-state index contributed by atoms with van der Waals surface area (Å²) in [4.78, 5) is 22.6. The van der Waals surface area contributed by atoms with Gasteiger partial charge in [-0.15, -0.1) is 0 Å². The molecular formula is C19H21N5O2. The van der Waals surface area contributed by atoms with Crippen molar-refractivity contribution in [2.24, 2.45) is 0 Å². The summed E-state index contributed by atoms with van der Waals surface area (Å²) in [7, 11) is 1.64. The molecule has 0 unspecified atom stereocenters. The van der Waals surface area contributed by atoms with Crippen molar-refractivity contribution < 1.29 is 9.53 Å². The number of aromatic nitrogens is 4. The third-order valence-corrected chi connectivity index (χ3v) is 4.74. The number of carbonyl (C=O) groups excluding carboxylic acids is 1. The normalized spacial score (nSPS) is 16.4. The van der Waals surface area contributed by atoms with Crippen molar-refractivity contribution in [2.45, 2.75) is 25.9 Å². The Hall–Kier alpha value is -3.09. The molecule has 3 heterocycles. The molecule has 0 aliphatic carbocycles. The number of carbonyl (C=O) groups is 1. The number of aryl methyl sites for hydroxylation is 1. The highest BCUT2D eigenvalue weighted by Gasteiger charge is 2.34. The number of methoxy groups -OCH3 is 1. The number of ether oxygens (including phenoxy) is 1. The molecule has 1 aromatic carbocycles. The van der Waals surface area contributed by atoms with E-state index in [1.807, 2.05) is 42.3 Å². The van der Waals surface area contributed by atoms with Gasteiger partial charge < -0.3 is 14.6 Å². The zero-order chi connectivity index (χ0) is 18.1. The standard InChI is InChI=1S/C19H21N5O2/c1-13-9-22-23(10-13)11-17(25)24-8-7-16-18(21-12-20-16)19(24)14-3-5-15(26-2)6-4-14/h3-6,9-10,12,19H,7-8,11H2,1-2H3,(H,20,21)/t19-/m1/s1. The lowest BCUT2D eigenvalue weighted by Crippen LogP contribution is -2.42. The van der Waals surface area contributed by atoms with Crippen LogP contribution in [0.2, 0.25) is 0 Å². The van der Waals surface area contributed by atoms with E-state index in [9.17, 15) is 4.79 Å². The van der Waals surface area contributed by atoms with Gasteiger partial charge in [0.1, 0.15) is 18.3 Å². The van der Waals surface area contributed by atoms with Crippen LogP contribution in [-0.2, 0) is 17.8 Å². The molecule has 134 valence electrons. The van der Waals surface area contributed by atoms with E-state index in [0.29, 0.717) is 6.54 Å². The van der Waals surface area contributed by atoms with Crippen molar-refractivity contribution in [3.05, 3.63) is 65.5 Å². The Bertz CT molecular complexity index is 912. The second-order valence-electron chi connectivity index (χ2n) is 6.49. The second-order valence-corrected chi connectivity index (χ2v) is 6.49. The van der Waals surface area contributed by atoms with E-state index in [2.05, 4.69) is 15.1 Å². The number of fused-ring (bicyclic) bond motifs is 1. The zero-order valence-corrected chi connectivity index (χ0v) is 14.8. The van der Waals surface area contributed by atoms with Crippen LogP contribution in [0.25, 0.3) is 0 Å². The molecule has 1 amide bonds. The summed E-state index contributed by atoms with van der Waals surface area (Å²) in [6.07, 6.45) is 6.11. The van der Waals surface area contributed by atoms with Gasteiger partial charge >= 0.3 is 0 Å². The number of aromatic amines is 1. The van der Waals surface area contributed by atoms with E-state index in [4.69, 9.17) is 4.74 Å². The minimum atomic E-state index is -0.208. The molecule has 4 rings (SSSR count). The Morgan fingerprint density at radius 2 is 2.15 bits per heavy atom. The lowest BCUT2D eigenvalue weighted by Gasteiger charge is -2.35. The lowest BCUT2D eigenvalue weighted by molar-refractivity contribution is -0.134. The molecule has 7 heteroatoms. The third-order valence-electron chi connectivity index (χ3n) is 4.74. The number of amides is 1. The van der Waals surface area contributed by atoms with Crippen LogP contribution in [0.3, 0.4) is 0 Å². The predicted molar refractivity (Wildman–Crippen MR) is 95.8 cm³/mol. The summed E-state index contributed by atoms with van der Waals surface area (Å²) < 4.78 is 6.94. The van der Waals surface area contributed by atoms with Gasteiger partial charge in [-0.2, -0.15) is 5.10 Å². The molecule has 3 aromatic rings. The Kier molecular flexibility index (Phi) is 4.20. The second kappa shape index (κ2) is 6.67. The molecule has 0 saturated carbocycles. The SMILES string of the molecule is COc1ccc([C@@H]2c3nc[nH]c3CCN2C(=O)Cn2cc(C)cn2)cc1. The number of H-pyrrole nitrogens is 1. The molecule has 26 heavy (non-hydrogen) atoms. The molecule has 0 spiro atoms. The van der Waals surface area contributed by atoms with Crippen LogP contribution in [-0.4, -0.2) is 44.2 Å². The molecule has 0 radical (unpaired) electrons. The van der Waals surface area contributed by atoms with Crippen molar-refractivity contribution in [1.29, 1.82) is 0 Å². The highest BCUT2D eigenvalue weighted by Crippen LogP contribution is 2.34. The van der Waals surface area contributed by atoms with Gasteiger partial charge in [0.25, 0.3) is 0 Å². The van der Waals surface area contributed by atoms with Gasteiger partial charge in [-0.1, -0.05) is 12.1 Å². The topological polar surface area (TPSA) is 76.0 Å². The van der Waals surface area contributed by atoms with Crippen LogP contribution in [0.5, 0.6) is 5.75 Å². The van der Waals surface area contributed by atoms with Crippen molar-refractivity contribution in [3.8, 4) is 5.75 Å². The van der Waals surface area contributed by atoms with Gasteiger partial charge in [0.15, 0.2) is 0 Å². The first-order chi connectivity index (χ1) is 12.7. The van der Waals surface area contributed by atoms with E-state index in [0.717, 1.165) is 34.7 Å². The maximum Gasteiger partial charge on any atom is 0.245 e. The number of hydrogen-bond acceptors (Lipinski definition) is 4. The molecule has 1 atom stereocenters. The van der Waals surface area contributed by atoms with E-state index in [1.165, 1.54) is 0 Å². The summed E-state index contributed by atoms with van der Waals surface area (Å²) in [5.74, 6) is 0.819. The molecule has 7 nitrogen and oxygen atoms in total. The number of hydrogen-bond donors (Lipinski definition) is 1. The lowest BCUT2D eigenvalue weighted by atomic mass is 9.95. The maximum absolute atomic E-state index is 13.0. The molecular weight excluding hydrogens is 330 g/mol. The summed E-state index contributed by atoms with van der Waals surface area (Å²) in [5, 5.41) is 4.24. The van der Waals surface area contributed by atoms with Gasteiger partial charge in [0.05, 0.1) is 25.3 Å². The Balaban J connectivity index is 1.66. The minimum absolute atomic E-state index is 0.0302. The summed E-state index contributed by atoms with van der Waals surface area (Å²) in [5.41, 5.74) is 4.05. The fourth-order valence-corrected chi connectivity index (χ4v) is 3.45. The smallest absolute Gasteiger partial charge is 0.245 e. The number of rotatable bonds is 4. The highest BCUT2D eigenvalue weighted by molar-refractivity contribution is 5.77. The average Bonchev–Trinajstić information content (AvgIpc) is 3.29. The Labute approximate surface area is 151 Å². The van der Waals surface area contributed by atoms with Gasteiger partial charge in [0.2, 0.25) is 5.91 Å². The summed E-state index contributed by atoms with van der Waals surface area (Å²) in [6.45, 7) is 2.83. The van der Waals surface area contributed by atoms with E-state index < -0.39 is 0 Å². The van der Waals surface area contributed by atoms with Gasteiger partial charge in [0, 0.05) is 24.9 Å². The number of benzene rings is 1. The molecule has 2 aromatic heterocycles. The average molecular weight is 351 g/mol. The number of imidazole rings is 1. The number of nitrogens with one attached hydrogen (secondary N) is 1. The third kappa shape index (κ3) is 2.96. The summed E-state index contributed by atoms with van der Waals surface area (Å²) >= 11 is 0. The fraction of sp³-hybridized carbons (Fsp3) is 0.316. The Morgan fingerprint density at radius 1 is 1.35 bits per heavy atom. The minimum Gasteiger partial charge on any atom is -0.497 e. The van der Waals surface area contributed by atoms with Crippen LogP contribution >= 0.6 is 0 Å². The molecule has 0 fully saturated rings. The molecule has 0 saturated heterocycles. The van der Waals surface area contributed by atoms with E-state index in [1.54, 1.807) is 24.3 Å². The van der Waals surface area contributed by atoms with Crippen LogP contribution in [0, 0.1) is 6.92 Å². The van der Waals surface area contributed by atoms with Crippen LogP contribution in [0.15, 0.2) is 43.0 Å². The van der Waals surface area contributed by atoms with Crippen molar-refractivity contribution in [2.75, 3.05) is 13.7 Å². The fourth-order valence-electron chi connectivity index (χ4n) is 3.45. The quantitative estimate of drug-likeness (QED) is 0.781. The first-order valence-corrected chi connectivity index (χ1v) is 8.60. The van der Waals surface area contributed by atoms with Crippen LogP contribution in [0.1, 0.15) is 28.6 Å². The van der Waals surface area contributed by atoms with Crippen LogP contribution < -0.4 is 4.74 Å². The molecule has 0 bridgehead atoms. The Morgan fingerprint density at radius 3 is 2.85 bits per heavy atom. The highest BCUT2D eigenvalue weighted by atomic mass is 16.5. The van der Waals surface area contributed by atoms with Gasteiger partial charge in [-0.05, 0) is 30.2 Å². The van der Waals surface area contributed by atoms with E-state index >= 15 is 0 Å². The monoisotopic (exact) mass is 351 g/mol. The van der Waals surface area contributed by atoms with Crippen LogP contribution in [0.4, 0.5) is 0 Å². The predicted octanol–water partition coefficient (Wildman–Crippen LogP) is 2.10. The first-order valence-electron chi connectivity index (χ1n) is 8.60. The van der Waals surface area contributed by atoms with Gasteiger partial charge in [-0.3, -0.25) is 9.48 Å². The maximum atomic E-state index is 13.0. The zero-order valence-electron chi connectivity index (χ0n) is 14.8. The molecule has 1 aliphatic rings. The largest absolute Gasteiger partial charge is 0.497 e. The summed E-state index contributed by atoms with van der Waals surface area (Å²) in [6, 6.07) is 7.60. The van der Waals surface area contributed by atoms with Gasteiger partial charge in [-0.25, -0.2) is 4.98 Å². The molecule has 1 aliphatic heterocycles. The van der Waals surface area contributed by atoms with Crippen molar-refractivity contribution >= 4 is 5.91 Å². The van der Waals surface area contributed by atoms with Crippen molar-refractivity contribution in [1.82, 2.24) is 24.6 Å². The number of nitrogens with zero attached hydrogens (tertiary/aromatic N) is 4. The first kappa shape index (κ1) is 16.4. The molecule has 1 N–H and O–H groups in total. The van der Waals surface area contributed by atoms with E-state index in [-0.39, 0.29) is 18.5 Å². The van der Waals surface area contributed by atoms with Crippen molar-refractivity contribution in [3.63, 3.8) is 0 Å².